The van der Waals surface area contributed by atoms with Crippen LogP contribution in [-0.2, 0) is 32.3 Å². The van der Waals surface area contributed by atoms with Gasteiger partial charge < -0.3 is 4.74 Å². The average molecular weight is 475 g/mol. The van der Waals surface area contributed by atoms with Gasteiger partial charge in [-0.25, -0.2) is 12.4 Å². The lowest BCUT2D eigenvalue weighted by Crippen LogP contribution is -2.42. The molecule has 0 saturated heterocycles. The number of hydrogen-bond donors (Lipinski definition) is 0. The van der Waals surface area contributed by atoms with Gasteiger partial charge in [0.2, 0.25) is 0 Å². The lowest BCUT2D eigenvalue weighted by Gasteiger charge is -2.41. The van der Waals surface area contributed by atoms with Crippen LogP contribution in [0.4, 0.5) is 13.2 Å². The topological polar surface area (TPSA) is 65.4 Å². The van der Waals surface area contributed by atoms with Crippen molar-refractivity contribution in [2.45, 2.75) is 49.5 Å². The molecule has 2 atom stereocenters. The molecular weight excluding hydrogens is 455 g/mol. The van der Waals surface area contributed by atoms with Crippen molar-refractivity contribution in [3.63, 3.8) is 0 Å². The summed E-state index contributed by atoms with van der Waals surface area (Å²) in [4.78, 5) is 12.3. The smallest absolute Gasteiger partial charge is 0.364 e. The SMILES string of the molecule is Cc1ccc(S(=O)(=O)n2c3c(c4cc(C(F)(F)F)ccc42)[C@H]2CC(=O)C=C[C@@]2(C)OC3)cc1. The summed E-state index contributed by atoms with van der Waals surface area (Å²) in [6.45, 7) is 3.46. The Labute approximate surface area is 188 Å². The van der Waals surface area contributed by atoms with E-state index < -0.39 is 33.3 Å². The molecule has 172 valence electrons. The van der Waals surface area contributed by atoms with Crippen LogP contribution in [0.25, 0.3) is 10.9 Å². The van der Waals surface area contributed by atoms with Crippen molar-refractivity contribution in [3.05, 3.63) is 77.0 Å². The Bertz CT molecular complexity index is 1440. The van der Waals surface area contributed by atoms with Crippen LogP contribution < -0.4 is 0 Å². The number of aromatic nitrogens is 1. The number of carbonyl (C=O) groups excluding carboxylic acids is 1. The van der Waals surface area contributed by atoms with Gasteiger partial charge in [0, 0.05) is 17.7 Å². The van der Waals surface area contributed by atoms with E-state index in [0.717, 1.165) is 21.7 Å². The highest BCUT2D eigenvalue weighted by Gasteiger charge is 2.46. The summed E-state index contributed by atoms with van der Waals surface area (Å²) in [5.74, 6) is -0.803. The normalized spacial score (nSPS) is 22.9. The molecule has 0 unspecified atom stereocenters. The molecule has 3 aromatic rings. The monoisotopic (exact) mass is 475 g/mol. The largest absolute Gasteiger partial charge is 0.416 e. The highest BCUT2D eigenvalue weighted by Crippen LogP contribution is 2.49. The van der Waals surface area contributed by atoms with Gasteiger partial charge in [-0.2, -0.15) is 13.2 Å². The van der Waals surface area contributed by atoms with Crippen LogP contribution in [0.15, 0.2) is 59.5 Å². The van der Waals surface area contributed by atoms with Crippen LogP contribution in [0.3, 0.4) is 0 Å². The number of aryl methyl sites for hydroxylation is 1. The van der Waals surface area contributed by atoms with Crippen molar-refractivity contribution in [3.8, 4) is 0 Å². The molecule has 1 aliphatic carbocycles. The van der Waals surface area contributed by atoms with Crippen LogP contribution in [-0.4, -0.2) is 23.8 Å². The molecule has 0 radical (unpaired) electrons. The standard InChI is InChI=1S/C24H20F3NO4S/c1-14-3-6-17(7-4-14)33(30,31)28-20-8-5-15(24(25,26)27)11-18(20)22-19-12-16(29)9-10-23(19,2)32-13-21(22)28/h3-11,19H,12-13H2,1-2H3/t19-,23-/m1/s1. The van der Waals surface area contributed by atoms with E-state index in [9.17, 15) is 26.4 Å². The minimum absolute atomic E-state index is 0.0138. The molecule has 1 aliphatic heterocycles. The van der Waals surface area contributed by atoms with E-state index in [2.05, 4.69) is 0 Å². The summed E-state index contributed by atoms with van der Waals surface area (Å²) in [6.07, 6.45) is -1.57. The van der Waals surface area contributed by atoms with E-state index in [1.807, 2.05) is 6.92 Å². The van der Waals surface area contributed by atoms with Gasteiger partial charge in [-0.05, 0) is 61.9 Å². The quantitative estimate of drug-likeness (QED) is 0.517. The van der Waals surface area contributed by atoms with Crippen LogP contribution in [0.5, 0.6) is 0 Å². The van der Waals surface area contributed by atoms with Crippen molar-refractivity contribution < 1.29 is 31.1 Å². The first-order chi connectivity index (χ1) is 15.4. The molecular formula is C24H20F3NO4S. The zero-order chi connectivity index (χ0) is 23.8. The summed E-state index contributed by atoms with van der Waals surface area (Å²) in [6, 6.07) is 9.28. The Kier molecular flexibility index (Phi) is 4.68. The Hall–Kier alpha value is -2.91. The summed E-state index contributed by atoms with van der Waals surface area (Å²) in [7, 11) is -4.15. The van der Waals surface area contributed by atoms with E-state index >= 15 is 0 Å². The van der Waals surface area contributed by atoms with Gasteiger partial charge in [0.15, 0.2) is 5.78 Å². The van der Waals surface area contributed by atoms with Crippen molar-refractivity contribution in [2.24, 2.45) is 0 Å². The molecule has 0 amide bonds. The predicted octanol–water partition coefficient (Wildman–Crippen LogP) is 5.11. The fraction of sp³-hybridized carbons (Fsp3) is 0.292. The van der Waals surface area contributed by atoms with E-state index in [1.165, 1.54) is 24.3 Å². The van der Waals surface area contributed by atoms with Crippen molar-refractivity contribution in [2.75, 3.05) is 0 Å². The zero-order valence-electron chi connectivity index (χ0n) is 17.8. The number of rotatable bonds is 2. The van der Waals surface area contributed by atoms with E-state index in [-0.39, 0.29) is 40.3 Å². The molecule has 0 bridgehead atoms. The first-order valence-corrected chi connectivity index (χ1v) is 11.8. The number of allylic oxidation sites excluding steroid dienone is 1. The lowest BCUT2D eigenvalue weighted by atomic mass is 9.74. The van der Waals surface area contributed by atoms with Gasteiger partial charge in [0.1, 0.15) is 0 Å². The van der Waals surface area contributed by atoms with E-state index in [0.29, 0.717) is 5.56 Å². The second-order valence-electron chi connectivity index (χ2n) is 8.70. The van der Waals surface area contributed by atoms with Crippen LogP contribution >= 0.6 is 0 Å². The van der Waals surface area contributed by atoms with Crippen LogP contribution in [0.2, 0.25) is 0 Å². The first kappa shape index (κ1) is 21.9. The fourth-order valence-electron chi connectivity index (χ4n) is 4.74. The molecule has 1 aromatic heterocycles. The summed E-state index contributed by atoms with van der Waals surface area (Å²) in [5.41, 5.74) is -0.150. The number of nitrogens with zero attached hydrogens (tertiary/aromatic N) is 1. The number of fused-ring (bicyclic) bond motifs is 5. The van der Waals surface area contributed by atoms with E-state index in [4.69, 9.17) is 4.74 Å². The zero-order valence-corrected chi connectivity index (χ0v) is 18.6. The van der Waals surface area contributed by atoms with Gasteiger partial charge in [-0.3, -0.25) is 4.79 Å². The van der Waals surface area contributed by atoms with Gasteiger partial charge in [-0.15, -0.1) is 0 Å². The van der Waals surface area contributed by atoms with Gasteiger partial charge in [0.05, 0.1) is 33.9 Å². The molecule has 0 saturated carbocycles. The second-order valence-corrected chi connectivity index (χ2v) is 10.5. The Morgan fingerprint density at radius 3 is 2.48 bits per heavy atom. The first-order valence-electron chi connectivity index (χ1n) is 10.3. The molecule has 2 heterocycles. The molecule has 0 N–H and O–H groups in total. The molecule has 2 aromatic carbocycles. The Balaban J connectivity index is 1.85. The number of ether oxygens (including phenoxy) is 1. The number of halogens is 3. The third-order valence-electron chi connectivity index (χ3n) is 6.51. The minimum Gasteiger partial charge on any atom is -0.364 e. The lowest BCUT2D eigenvalue weighted by molar-refractivity contribution is -0.137. The molecule has 0 spiro atoms. The van der Waals surface area contributed by atoms with Gasteiger partial charge >= 0.3 is 6.18 Å². The van der Waals surface area contributed by atoms with Crippen LogP contribution in [0.1, 0.15) is 41.6 Å². The average Bonchev–Trinajstić information content (AvgIpc) is 3.08. The molecule has 9 heteroatoms. The fourth-order valence-corrected chi connectivity index (χ4v) is 6.29. The van der Waals surface area contributed by atoms with Crippen molar-refractivity contribution in [1.29, 1.82) is 0 Å². The number of carbonyl (C=O) groups is 1. The van der Waals surface area contributed by atoms with Gasteiger partial charge in [-0.1, -0.05) is 17.7 Å². The van der Waals surface area contributed by atoms with Crippen molar-refractivity contribution in [1.82, 2.24) is 3.97 Å². The molecule has 5 nitrogen and oxygen atoms in total. The molecule has 33 heavy (non-hydrogen) atoms. The minimum atomic E-state index is -4.60. The number of benzene rings is 2. The number of hydrogen-bond acceptors (Lipinski definition) is 4. The predicted molar refractivity (Wildman–Crippen MR) is 115 cm³/mol. The maximum absolute atomic E-state index is 13.7. The van der Waals surface area contributed by atoms with Gasteiger partial charge in [0.25, 0.3) is 10.0 Å². The highest BCUT2D eigenvalue weighted by atomic mass is 32.2. The Morgan fingerprint density at radius 2 is 1.82 bits per heavy atom. The summed E-state index contributed by atoms with van der Waals surface area (Å²) < 4.78 is 75.1. The number of ketones is 1. The maximum Gasteiger partial charge on any atom is 0.416 e. The van der Waals surface area contributed by atoms with E-state index in [1.54, 1.807) is 25.1 Å². The maximum atomic E-state index is 13.7. The molecule has 5 rings (SSSR count). The van der Waals surface area contributed by atoms with Crippen LogP contribution in [0, 0.1) is 6.92 Å². The number of alkyl halides is 3. The summed E-state index contributed by atoms with van der Waals surface area (Å²) >= 11 is 0. The molecule has 2 aliphatic rings. The molecule has 0 fully saturated rings. The third kappa shape index (κ3) is 3.33. The Morgan fingerprint density at radius 1 is 1.12 bits per heavy atom. The second kappa shape index (κ2) is 7.04. The van der Waals surface area contributed by atoms with Crippen molar-refractivity contribution >= 4 is 26.7 Å². The summed E-state index contributed by atoms with van der Waals surface area (Å²) in [5, 5.41) is 0.165. The highest BCUT2D eigenvalue weighted by molar-refractivity contribution is 7.90. The third-order valence-corrected chi connectivity index (χ3v) is 8.28.